The molecule has 11 heteroatoms. The minimum atomic E-state index is -0.773. The van der Waals surface area contributed by atoms with Crippen molar-refractivity contribution >= 4 is 45.7 Å². The van der Waals surface area contributed by atoms with Gasteiger partial charge in [0.1, 0.15) is 6.54 Å². The molecule has 0 radical (unpaired) electrons. The fourth-order valence-electron chi connectivity index (χ4n) is 2.32. The van der Waals surface area contributed by atoms with Gasteiger partial charge in [-0.1, -0.05) is 23.2 Å². The number of carbonyl (C=O) groups is 1. The molecule has 9 nitrogen and oxygen atoms in total. The third-order valence-electron chi connectivity index (χ3n) is 3.56. The molecule has 0 spiro atoms. The molecule has 134 valence electrons. The Morgan fingerprint density at radius 1 is 1.23 bits per heavy atom. The predicted molar refractivity (Wildman–Crippen MR) is 95.6 cm³/mol. The van der Waals surface area contributed by atoms with Crippen molar-refractivity contribution in [3.05, 3.63) is 54.8 Å². The lowest BCUT2D eigenvalue weighted by molar-refractivity contribution is -0.118. The van der Waals surface area contributed by atoms with Gasteiger partial charge in [-0.3, -0.25) is 19.1 Å². The number of hydrogen-bond acceptors (Lipinski definition) is 5. The van der Waals surface area contributed by atoms with Crippen LogP contribution < -0.4 is 11.2 Å². The van der Waals surface area contributed by atoms with Crippen LogP contribution in [0.3, 0.4) is 0 Å². The monoisotopic (exact) mass is 395 g/mol. The van der Waals surface area contributed by atoms with Crippen LogP contribution in [-0.2, 0) is 11.3 Å². The fourth-order valence-corrected chi connectivity index (χ4v) is 2.77. The molecule has 3 rings (SSSR count). The first-order valence-electron chi connectivity index (χ1n) is 7.21. The number of carbonyl (C=O) groups excluding carboxylic acids is 1. The molecule has 0 unspecified atom stereocenters. The normalized spacial score (nSPS) is 11.5. The number of nitrogens with zero attached hydrogens (tertiary/aromatic N) is 3. The third-order valence-corrected chi connectivity index (χ3v) is 4.19. The van der Waals surface area contributed by atoms with Gasteiger partial charge in [0.2, 0.25) is 5.88 Å². The fraction of sp³-hybridized carbons (Fsp3) is 0.133. The second kappa shape index (κ2) is 6.77. The Balaban J connectivity index is 1.92. The van der Waals surface area contributed by atoms with Gasteiger partial charge in [0, 0.05) is 11.8 Å². The minimum Gasteiger partial charge on any atom is -0.493 e. The molecule has 0 bridgehead atoms. The summed E-state index contributed by atoms with van der Waals surface area (Å²) in [5.74, 6) is -1.13. The Morgan fingerprint density at radius 3 is 2.65 bits per heavy atom. The highest BCUT2D eigenvalue weighted by molar-refractivity contribution is 6.41. The molecular formula is C15H11Cl2N5O4. The summed E-state index contributed by atoms with van der Waals surface area (Å²) in [5.41, 5.74) is -0.703. The molecule has 26 heavy (non-hydrogen) atoms. The van der Waals surface area contributed by atoms with Crippen LogP contribution in [0.15, 0.2) is 38.1 Å². The molecule has 3 N–H and O–H groups in total. The quantitative estimate of drug-likeness (QED) is 0.587. The number of aromatic hydroxyl groups is 1. The van der Waals surface area contributed by atoms with Gasteiger partial charge in [-0.15, -0.1) is 10.2 Å². The van der Waals surface area contributed by atoms with E-state index in [9.17, 15) is 19.5 Å². The van der Waals surface area contributed by atoms with E-state index in [-0.39, 0.29) is 22.2 Å². The van der Waals surface area contributed by atoms with Gasteiger partial charge in [-0.25, -0.2) is 4.79 Å². The van der Waals surface area contributed by atoms with E-state index >= 15 is 0 Å². The topological polar surface area (TPSA) is 133 Å². The number of amides is 1. The lowest BCUT2D eigenvalue weighted by Gasteiger charge is -2.02. The van der Waals surface area contributed by atoms with Crippen molar-refractivity contribution in [1.29, 1.82) is 0 Å². The molecule has 0 aliphatic rings. The summed E-state index contributed by atoms with van der Waals surface area (Å²) in [7, 11) is 0. The van der Waals surface area contributed by atoms with Crippen LogP contribution in [0.25, 0.3) is 10.9 Å². The second-order valence-electron chi connectivity index (χ2n) is 5.39. The molecule has 0 atom stereocenters. The maximum atomic E-state index is 12.0. The number of aromatic amines is 2. The molecule has 2 heterocycles. The van der Waals surface area contributed by atoms with Gasteiger partial charge in [-0.05, 0) is 19.1 Å². The van der Waals surface area contributed by atoms with Crippen molar-refractivity contribution in [3.63, 3.8) is 0 Å². The first kappa shape index (κ1) is 17.9. The summed E-state index contributed by atoms with van der Waals surface area (Å²) in [4.78, 5) is 39.7. The van der Waals surface area contributed by atoms with Crippen molar-refractivity contribution in [1.82, 2.24) is 14.5 Å². The van der Waals surface area contributed by atoms with Crippen molar-refractivity contribution in [2.45, 2.75) is 13.5 Å². The molecule has 0 aliphatic heterocycles. The Hall–Kier alpha value is -2.91. The number of nitrogens with one attached hydrogen (secondary N) is 2. The lowest BCUT2D eigenvalue weighted by Crippen LogP contribution is -2.32. The van der Waals surface area contributed by atoms with E-state index in [1.165, 1.54) is 19.2 Å². The number of H-pyrrole nitrogens is 2. The van der Waals surface area contributed by atoms with Crippen molar-refractivity contribution < 1.29 is 9.90 Å². The molecule has 0 saturated heterocycles. The molecular weight excluding hydrogens is 385 g/mol. The van der Waals surface area contributed by atoms with E-state index in [4.69, 9.17) is 23.2 Å². The Kier molecular flexibility index (Phi) is 4.66. The van der Waals surface area contributed by atoms with Crippen LogP contribution in [0.5, 0.6) is 5.88 Å². The van der Waals surface area contributed by atoms with Crippen LogP contribution >= 0.6 is 23.2 Å². The molecule has 1 aromatic carbocycles. The van der Waals surface area contributed by atoms with E-state index in [1.807, 2.05) is 0 Å². The highest BCUT2D eigenvalue weighted by atomic mass is 35.5. The van der Waals surface area contributed by atoms with Crippen LogP contribution in [0.1, 0.15) is 5.56 Å². The van der Waals surface area contributed by atoms with Crippen molar-refractivity contribution in [2.75, 3.05) is 0 Å². The highest BCUT2D eigenvalue weighted by Gasteiger charge is 2.16. The van der Waals surface area contributed by atoms with Gasteiger partial charge in [0.15, 0.2) is 5.69 Å². The zero-order valence-electron chi connectivity index (χ0n) is 13.2. The summed E-state index contributed by atoms with van der Waals surface area (Å²) in [6.07, 6.45) is 1.24. The van der Waals surface area contributed by atoms with Gasteiger partial charge in [0.05, 0.1) is 20.9 Å². The summed E-state index contributed by atoms with van der Waals surface area (Å²) in [5, 5.41) is 18.1. The number of rotatable bonds is 3. The van der Waals surface area contributed by atoms with E-state index in [1.54, 1.807) is 6.07 Å². The van der Waals surface area contributed by atoms with Crippen LogP contribution in [0, 0.1) is 6.92 Å². The zero-order chi connectivity index (χ0) is 19.0. The van der Waals surface area contributed by atoms with Gasteiger partial charge >= 0.3 is 5.69 Å². The molecule has 0 fully saturated rings. The summed E-state index contributed by atoms with van der Waals surface area (Å²) < 4.78 is 0.997. The van der Waals surface area contributed by atoms with E-state index in [2.05, 4.69) is 20.2 Å². The maximum absolute atomic E-state index is 12.0. The number of aromatic nitrogens is 3. The predicted octanol–water partition coefficient (Wildman–Crippen LogP) is 2.65. The molecule has 0 saturated carbocycles. The van der Waals surface area contributed by atoms with E-state index < -0.39 is 23.7 Å². The average molecular weight is 396 g/mol. The number of halogens is 2. The molecule has 1 amide bonds. The third kappa shape index (κ3) is 3.26. The molecule has 2 aromatic heterocycles. The van der Waals surface area contributed by atoms with Gasteiger partial charge in [0.25, 0.3) is 11.5 Å². The number of azo groups is 1. The SMILES string of the molecule is Cc1cn(CC(=O)N=Nc2c(O)[nH]c3c(Cl)ccc(Cl)c23)c(=O)[nH]c1=O. The van der Waals surface area contributed by atoms with E-state index in [0.29, 0.717) is 15.9 Å². The first-order chi connectivity index (χ1) is 12.3. The molecule has 0 aliphatic carbocycles. The van der Waals surface area contributed by atoms with Crippen LogP contribution in [-0.4, -0.2) is 25.5 Å². The Labute approximate surface area is 154 Å². The number of benzene rings is 1. The van der Waals surface area contributed by atoms with Gasteiger partial charge in [-0.2, -0.15) is 0 Å². The Morgan fingerprint density at radius 2 is 1.92 bits per heavy atom. The standard InChI is InChI=1S/C15H11Cl2N5O4/c1-6-4-22(15(26)19-13(6)24)5-9(23)20-21-12-10-7(16)2-3-8(17)11(10)18-14(12)25/h2-4,18,25H,5H2,1H3,(H,19,24,26). The average Bonchev–Trinajstić information content (AvgIpc) is 2.92. The maximum Gasteiger partial charge on any atom is 0.328 e. The number of hydrogen-bond donors (Lipinski definition) is 3. The highest BCUT2D eigenvalue weighted by Crippen LogP contribution is 2.42. The number of aryl methyl sites for hydroxylation is 1. The zero-order valence-corrected chi connectivity index (χ0v) is 14.7. The number of fused-ring (bicyclic) bond motifs is 1. The van der Waals surface area contributed by atoms with E-state index in [0.717, 1.165) is 4.57 Å². The van der Waals surface area contributed by atoms with Gasteiger partial charge < -0.3 is 10.1 Å². The van der Waals surface area contributed by atoms with Crippen LogP contribution in [0.2, 0.25) is 10.0 Å². The van der Waals surface area contributed by atoms with Crippen LogP contribution in [0.4, 0.5) is 5.69 Å². The summed E-state index contributed by atoms with van der Waals surface area (Å²) in [6.45, 7) is 1.06. The van der Waals surface area contributed by atoms with Crippen molar-refractivity contribution in [2.24, 2.45) is 10.2 Å². The second-order valence-corrected chi connectivity index (χ2v) is 6.21. The van der Waals surface area contributed by atoms with Crippen molar-refractivity contribution in [3.8, 4) is 5.88 Å². The smallest absolute Gasteiger partial charge is 0.328 e. The largest absolute Gasteiger partial charge is 0.493 e. The molecule has 3 aromatic rings. The summed E-state index contributed by atoms with van der Waals surface area (Å²) >= 11 is 12.1. The summed E-state index contributed by atoms with van der Waals surface area (Å²) in [6, 6.07) is 3.06. The Bertz CT molecular complexity index is 1180. The lowest BCUT2D eigenvalue weighted by atomic mass is 10.2. The minimum absolute atomic E-state index is 0.0501. The first-order valence-corrected chi connectivity index (χ1v) is 7.97.